The van der Waals surface area contributed by atoms with Gasteiger partial charge in [-0.2, -0.15) is 0 Å². The van der Waals surface area contributed by atoms with Gasteiger partial charge in [0.1, 0.15) is 11.4 Å². The molecule has 2 heterocycles. The van der Waals surface area contributed by atoms with Gasteiger partial charge < -0.3 is 14.5 Å². The molecule has 1 fully saturated rings. The van der Waals surface area contributed by atoms with E-state index >= 15 is 0 Å². The van der Waals surface area contributed by atoms with Crippen LogP contribution >= 0.6 is 11.6 Å². The number of carbonyl (C=O) groups excluding carboxylic acids is 2. The summed E-state index contributed by atoms with van der Waals surface area (Å²) in [6.07, 6.45) is 1.42. The lowest BCUT2D eigenvalue weighted by Crippen LogP contribution is -2.50. The van der Waals surface area contributed by atoms with E-state index in [1.54, 1.807) is 21.9 Å². The van der Waals surface area contributed by atoms with E-state index in [-0.39, 0.29) is 17.6 Å². The zero-order chi connectivity index (χ0) is 21.0. The van der Waals surface area contributed by atoms with Crippen molar-refractivity contribution in [1.29, 1.82) is 0 Å². The van der Waals surface area contributed by atoms with Crippen molar-refractivity contribution in [2.24, 2.45) is 0 Å². The van der Waals surface area contributed by atoms with Gasteiger partial charge in [0.05, 0.1) is 23.4 Å². The van der Waals surface area contributed by atoms with Gasteiger partial charge in [0.2, 0.25) is 0 Å². The van der Waals surface area contributed by atoms with Crippen LogP contribution in [0.2, 0.25) is 5.02 Å². The van der Waals surface area contributed by atoms with E-state index in [1.165, 1.54) is 31.5 Å². The normalized spacial score (nSPS) is 15.0. The van der Waals surface area contributed by atoms with Crippen LogP contribution in [0.1, 0.15) is 20.8 Å². The van der Waals surface area contributed by atoms with Gasteiger partial charge in [-0.25, -0.2) is 9.19 Å². The standard InChI is InChI=1S/C18H19ClN4O5S/c1-28-16-10-13(21-29(26)27)3-4-14(16)17(24)22-6-8-23(9-7-22)18(25)15-5-2-12(19)11-20-15/h2-5,10-11,21H,6-9H2,1H3,(H,26,27). The minimum absolute atomic E-state index is 0.209. The predicted molar refractivity (Wildman–Crippen MR) is 108 cm³/mol. The third kappa shape index (κ3) is 5.03. The number of nitrogens with zero attached hydrogens (tertiary/aromatic N) is 3. The molecule has 2 N–H and O–H groups in total. The molecule has 0 aliphatic carbocycles. The van der Waals surface area contributed by atoms with Crippen LogP contribution in [-0.4, -0.2) is 68.6 Å². The van der Waals surface area contributed by atoms with E-state index in [0.29, 0.717) is 48.1 Å². The van der Waals surface area contributed by atoms with Gasteiger partial charge in [-0.1, -0.05) is 11.6 Å². The molecule has 2 amide bonds. The van der Waals surface area contributed by atoms with Crippen LogP contribution in [0.5, 0.6) is 5.75 Å². The molecule has 1 saturated heterocycles. The Labute approximate surface area is 175 Å². The van der Waals surface area contributed by atoms with Gasteiger partial charge in [-0.15, -0.1) is 0 Å². The van der Waals surface area contributed by atoms with Crippen molar-refractivity contribution in [1.82, 2.24) is 14.8 Å². The van der Waals surface area contributed by atoms with Gasteiger partial charge in [-0.3, -0.25) is 18.9 Å². The third-order valence-electron chi connectivity index (χ3n) is 4.44. The largest absolute Gasteiger partial charge is 0.496 e. The van der Waals surface area contributed by atoms with Crippen molar-refractivity contribution in [3.63, 3.8) is 0 Å². The van der Waals surface area contributed by atoms with E-state index in [2.05, 4.69) is 9.71 Å². The SMILES string of the molecule is COc1cc(NS(=O)O)ccc1C(=O)N1CCN(C(=O)c2ccc(Cl)cn2)CC1. The van der Waals surface area contributed by atoms with Crippen LogP contribution in [0, 0.1) is 0 Å². The number of halogens is 1. The summed E-state index contributed by atoms with van der Waals surface area (Å²) in [6, 6.07) is 7.72. The molecule has 1 aliphatic rings. The van der Waals surface area contributed by atoms with Crippen molar-refractivity contribution in [3.8, 4) is 5.75 Å². The zero-order valence-electron chi connectivity index (χ0n) is 15.5. The molecule has 11 heteroatoms. The van der Waals surface area contributed by atoms with Gasteiger partial charge >= 0.3 is 0 Å². The molecule has 9 nitrogen and oxygen atoms in total. The zero-order valence-corrected chi connectivity index (χ0v) is 17.1. The van der Waals surface area contributed by atoms with E-state index < -0.39 is 11.3 Å². The summed E-state index contributed by atoms with van der Waals surface area (Å²) in [4.78, 5) is 32.7. The highest BCUT2D eigenvalue weighted by molar-refractivity contribution is 7.80. The molecule has 0 spiro atoms. The van der Waals surface area contributed by atoms with Crippen molar-refractivity contribution in [2.75, 3.05) is 38.0 Å². The molecular formula is C18H19ClN4O5S. The van der Waals surface area contributed by atoms with Gasteiger partial charge in [0, 0.05) is 38.4 Å². The van der Waals surface area contributed by atoms with E-state index in [4.69, 9.17) is 20.9 Å². The molecule has 1 atom stereocenters. The van der Waals surface area contributed by atoms with E-state index in [9.17, 15) is 13.8 Å². The van der Waals surface area contributed by atoms with Crippen LogP contribution < -0.4 is 9.46 Å². The molecular weight excluding hydrogens is 420 g/mol. The quantitative estimate of drug-likeness (QED) is 0.689. The average molecular weight is 439 g/mol. The Kier molecular flexibility index (Phi) is 6.68. The number of hydrogen-bond acceptors (Lipinski definition) is 5. The average Bonchev–Trinajstić information content (AvgIpc) is 2.73. The highest BCUT2D eigenvalue weighted by atomic mass is 35.5. The number of rotatable bonds is 5. The molecule has 154 valence electrons. The lowest BCUT2D eigenvalue weighted by molar-refractivity contribution is 0.0530. The first-order chi connectivity index (χ1) is 13.9. The smallest absolute Gasteiger partial charge is 0.272 e. The molecule has 2 aromatic rings. The Morgan fingerprint density at radius 2 is 1.79 bits per heavy atom. The molecule has 29 heavy (non-hydrogen) atoms. The molecule has 1 aromatic heterocycles. The fraction of sp³-hybridized carbons (Fsp3) is 0.278. The van der Waals surface area contributed by atoms with Crippen LogP contribution in [0.4, 0.5) is 5.69 Å². The number of hydrogen-bond donors (Lipinski definition) is 2. The topological polar surface area (TPSA) is 112 Å². The molecule has 0 bridgehead atoms. The molecule has 1 unspecified atom stereocenters. The molecule has 1 aliphatic heterocycles. The molecule has 3 rings (SSSR count). The predicted octanol–water partition coefficient (Wildman–Crippen LogP) is 1.89. The lowest BCUT2D eigenvalue weighted by Gasteiger charge is -2.34. The Bertz CT molecular complexity index is 932. The number of nitrogens with one attached hydrogen (secondary N) is 1. The minimum atomic E-state index is -2.23. The van der Waals surface area contributed by atoms with Crippen LogP contribution in [0.25, 0.3) is 0 Å². The summed E-state index contributed by atoms with van der Waals surface area (Å²) in [7, 11) is 1.42. The second-order valence-corrected chi connectivity index (χ2v) is 7.35. The first kappa shape index (κ1) is 21.0. The second-order valence-electron chi connectivity index (χ2n) is 6.21. The number of ether oxygens (including phenoxy) is 1. The lowest BCUT2D eigenvalue weighted by atomic mass is 10.1. The Balaban J connectivity index is 1.66. The van der Waals surface area contributed by atoms with Crippen LogP contribution in [-0.2, 0) is 11.3 Å². The highest BCUT2D eigenvalue weighted by Gasteiger charge is 2.27. The fourth-order valence-electron chi connectivity index (χ4n) is 2.98. The van der Waals surface area contributed by atoms with Gasteiger partial charge in [-0.05, 0) is 24.3 Å². The van der Waals surface area contributed by atoms with Crippen molar-refractivity contribution < 1.29 is 23.1 Å². The summed E-state index contributed by atoms with van der Waals surface area (Å²) < 4.78 is 27.4. The Morgan fingerprint density at radius 1 is 1.14 bits per heavy atom. The summed E-state index contributed by atoms with van der Waals surface area (Å²) in [5.74, 6) is -0.164. The summed E-state index contributed by atoms with van der Waals surface area (Å²) in [6.45, 7) is 1.48. The minimum Gasteiger partial charge on any atom is -0.496 e. The summed E-state index contributed by atoms with van der Waals surface area (Å²) in [5, 5.41) is 0.456. The fourth-order valence-corrected chi connectivity index (χ4v) is 3.42. The second kappa shape index (κ2) is 9.21. The van der Waals surface area contributed by atoms with Crippen LogP contribution in [0.15, 0.2) is 36.5 Å². The Morgan fingerprint density at radius 3 is 2.34 bits per heavy atom. The number of anilines is 1. The molecule has 0 radical (unpaired) electrons. The van der Waals surface area contributed by atoms with Crippen LogP contribution in [0.3, 0.4) is 0 Å². The van der Waals surface area contributed by atoms with Crippen molar-refractivity contribution in [3.05, 3.63) is 52.8 Å². The first-order valence-corrected chi connectivity index (χ1v) is 10.1. The maximum atomic E-state index is 12.9. The number of benzene rings is 1. The first-order valence-electron chi connectivity index (χ1n) is 8.64. The number of piperazine rings is 1. The van der Waals surface area contributed by atoms with Gasteiger partial charge in [0.15, 0.2) is 0 Å². The molecule has 1 aromatic carbocycles. The highest BCUT2D eigenvalue weighted by Crippen LogP contribution is 2.25. The summed E-state index contributed by atoms with van der Waals surface area (Å²) in [5.41, 5.74) is 0.992. The summed E-state index contributed by atoms with van der Waals surface area (Å²) >= 11 is 3.58. The maximum Gasteiger partial charge on any atom is 0.272 e. The third-order valence-corrected chi connectivity index (χ3v) is 5.07. The monoisotopic (exact) mass is 438 g/mol. The number of amides is 2. The maximum absolute atomic E-state index is 12.9. The van der Waals surface area contributed by atoms with E-state index in [1.807, 2.05) is 0 Å². The van der Waals surface area contributed by atoms with E-state index in [0.717, 1.165) is 0 Å². The number of pyridine rings is 1. The molecule has 0 saturated carbocycles. The number of carbonyl (C=O) groups is 2. The Hall–Kier alpha value is -2.69. The number of aromatic nitrogens is 1. The number of methoxy groups -OCH3 is 1. The van der Waals surface area contributed by atoms with Crippen molar-refractivity contribution in [2.45, 2.75) is 0 Å². The van der Waals surface area contributed by atoms with Gasteiger partial charge in [0.25, 0.3) is 23.1 Å². The van der Waals surface area contributed by atoms with Crippen molar-refractivity contribution >= 4 is 40.4 Å².